The minimum absolute atomic E-state index is 0.325. The summed E-state index contributed by atoms with van der Waals surface area (Å²) >= 11 is 0. The second kappa shape index (κ2) is 1.85. The van der Waals surface area contributed by atoms with Crippen molar-refractivity contribution in [3.8, 4) is 6.07 Å². The van der Waals surface area contributed by atoms with Crippen LogP contribution in [0.4, 0.5) is 0 Å². The first kappa shape index (κ1) is 6.31. The smallest absolute Gasteiger partial charge is 0.0960 e. The Bertz CT molecular complexity index is 172. The third-order valence-corrected chi connectivity index (χ3v) is 1.98. The molecule has 0 spiro atoms. The van der Waals surface area contributed by atoms with Crippen LogP contribution in [-0.4, -0.2) is 5.54 Å². The lowest BCUT2D eigenvalue weighted by molar-refractivity contribution is 0.306. The van der Waals surface area contributed by atoms with Gasteiger partial charge in [-0.1, -0.05) is 6.58 Å². The van der Waals surface area contributed by atoms with Gasteiger partial charge in [0, 0.05) is 5.57 Å². The fourth-order valence-electron chi connectivity index (χ4n) is 0.971. The van der Waals surface area contributed by atoms with Gasteiger partial charge in [-0.2, -0.15) is 5.26 Å². The predicted molar refractivity (Wildman–Crippen MR) is 35.5 cm³/mol. The van der Waals surface area contributed by atoms with Crippen molar-refractivity contribution in [3.63, 3.8) is 0 Å². The lowest BCUT2D eigenvalue weighted by Gasteiger charge is -2.36. The number of nitrogens with zero attached hydrogens (tertiary/aromatic N) is 1. The second-order valence-corrected chi connectivity index (χ2v) is 2.60. The van der Waals surface area contributed by atoms with Gasteiger partial charge in [-0.05, 0) is 19.3 Å². The zero-order valence-corrected chi connectivity index (χ0v) is 5.35. The topological polar surface area (TPSA) is 49.8 Å². The van der Waals surface area contributed by atoms with Gasteiger partial charge < -0.3 is 5.73 Å². The Balaban J connectivity index is 2.62. The van der Waals surface area contributed by atoms with Crippen molar-refractivity contribution in [1.29, 1.82) is 5.26 Å². The van der Waals surface area contributed by atoms with Crippen molar-refractivity contribution < 1.29 is 0 Å². The molecule has 2 N–H and O–H groups in total. The van der Waals surface area contributed by atoms with Gasteiger partial charge >= 0.3 is 0 Å². The van der Waals surface area contributed by atoms with E-state index in [1.165, 1.54) is 0 Å². The molecule has 0 unspecified atom stereocenters. The lowest BCUT2D eigenvalue weighted by Crippen LogP contribution is -2.47. The molecule has 0 aliphatic heterocycles. The summed E-state index contributed by atoms with van der Waals surface area (Å²) in [6, 6.07) is 1.99. The van der Waals surface area contributed by atoms with Crippen molar-refractivity contribution in [3.05, 3.63) is 12.2 Å². The molecule has 1 aliphatic carbocycles. The summed E-state index contributed by atoms with van der Waals surface area (Å²) in [5.74, 6) is 0. The highest BCUT2D eigenvalue weighted by molar-refractivity contribution is 5.32. The van der Waals surface area contributed by atoms with E-state index in [-0.39, 0.29) is 5.54 Å². The Morgan fingerprint density at radius 3 is 2.33 bits per heavy atom. The summed E-state index contributed by atoms with van der Waals surface area (Å²) in [4.78, 5) is 0. The van der Waals surface area contributed by atoms with Gasteiger partial charge in [0.2, 0.25) is 0 Å². The maximum atomic E-state index is 8.41. The van der Waals surface area contributed by atoms with Crippen LogP contribution in [0.25, 0.3) is 0 Å². The Hall–Kier alpha value is -0.810. The molecule has 0 bridgehead atoms. The van der Waals surface area contributed by atoms with Crippen LogP contribution in [0.1, 0.15) is 19.3 Å². The van der Waals surface area contributed by atoms with E-state index in [1.54, 1.807) is 0 Å². The Morgan fingerprint density at radius 2 is 2.22 bits per heavy atom. The SMILES string of the molecule is C=C(C#N)C1(N)CCC1. The number of hydrogen-bond acceptors (Lipinski definition) is 2. The number of rotatable bonds is 1. The van der Waals surface area contributed by atoms with Gasteiger partial charge in [0.05, 0.1) is 11.6 Å². The van der Waals surface area contributed by atoms with Crippen molar-refractivity contribution >= 4 is 0 Å². The molecule has 1 rings (SSSR count). The first-order valence-corrected chi connectivity index (χ1v) is 3.07. The Labute approximate surface area is 55.0 Å². The maximum Gasteiger partial charge on any atom is 0.0960 e. The molecule has 0 saturated heterocycles. The quantitative estimate of drug-likeness (QED) is 0.526. The molecule has 48 valence electrons. The van der Waals surface area contributed by atoms with E-state index in [4.69, 9.17) is 11.0 Å². The first-order chi connectivity index (χ1) is 4.19. The lowest BCUT2D eigenvalue weighted by atomic mass is 9.73. The van der Waals surface area contributed by atoms with Crippen LogP contribution in [0, 0.1) is 11.3 Å². The fourth-order valence-corrected chi connectivity index (χ4v) is 0.971. The third kappa shape index (κ3) is 0.839. The van der Waals surface area contributed by atoms with Crippen LogP contribution < -0.4 is 5.73 Å². The standard InChI is InChI=1S/C7H10N2/c1-6(5-8)7(9)3-2-4-7/h1-4,9H2. The van der Waals surface area contributed by atoms with Crippen molar-refractivity contribution in [2.75, 3.05) is 0 Å². The van der Waals surface area contributed by atoms with Crippen molar-refractivity contribution in [1.82, 2.24) is 0 Å². The van der Waals surface area contributed by atoms with Crippen LogP contribution in [0.3, 0.4) is 0 Å². The fraction of sp³-hybridized carbons (Fsp3) is 0.571. The van der Waals surface area contributed by atoms with E-state index in [9.17, 15) is 0 Å². The largest absolute Gasteiger partial charge is 0.321 e. The van der Waals surface area contributed by atoms with E-state index < -0.39 is 0 Å². The second-order valence-electron chi connectivity index (χ2n) is 2.60. The van der Waals surface area contributed by atoms with E-state index >= 15 is 0 Å². The summed E-state index contributed by atoms with van der Waals surface area (Å²) in [6.07, 6.45) is 3.00. The molecule has 1 aliphatic rings. The maximum absolute atomic E-state index is 8.41. The van der Waals surface area contributed by atoms with Gasteiger partial charge in [-0.25, -0.2) is 0 Å². The molecule has 2 nitrogen and oxygen atoms in total. The van der Waals surface area contributed by atoms with Crippen LogP contribution in [0.5, 0.6) is 0 Å². The van der Waals surface area contributed by atoms with Gasteiger partial charge in [0.25, 0.3) is 0 Å². The molecular formula is C7H10N2. The van der Waals surface area contributed by atoms with E-state index in [2.05, 4.69) is 6.58 Å². The summed E-state index contributed by atoms with van der Waals surface area (Å²) in [6.45, 7) is 3.58. The van der Waals surface area contributed by atoms with Gasteiger partial charge in [0.1, 0.15) is 0 Å². The van der Waals surface area contributed by atoms with E-state index in [0.717, 1.165) is 19.3 Å². The molecule has 0 aromatic carbocycles. The minimum Gasteiger partial charge on any atom is -0.321 e. The van der Waals surface area contributed by atoms with Gasteiger partial charge in [0.15, 0.2) is 0 Å². The molecule has 0 aromatic rings. The summed E-state index contributed by atoms with van der Waals surface area (Å²) in [5, 5.41) is 8.41. The molecule has 1 fully saturated rings. The van der Waals surface area contributed by atoms with Crippen LogP contribution >= 0.6 is 0 Å². The molecule has 0 amide bonds. The molecule has 9 heavy (non-hydrogen) atoms. The van der Waals surface area contributed by atoms with Crippen molar-refractivity contribution in [2.45, 2.75) is 24.8 Å². The van der Waals surface area contributed by atoms with Crippen LogP contribution in [0.2, 0.25) is 0 Å². The zero-order chi connectivity index (χ0) is 6.91. The van der Waals surface area contributed by atoms with E-state index in [0.29, 0.717) is 5.57 Å². The van der Waals surface area contributed by atoms with Gasteiger partial charge in [-0.3, -0.25) is 0 Å². The first-order valence-electron chi connectivity index (χ1n) is 3.07. The van der Waals surface area contributed by atoms with Crippen LogP contribution in [0.15, 0.2) is 12.2 Å². The highest BCUT2D eigenvalue weighted by Crippen LogP contribution is 2.34. The monoisotopic (exact) mass is 122 g/mol. The minimum atomic E-state index is -0.325. The molecule has 1 saturated carbocycles. The van der Waals surface area contributed by atoms with Crippen LogP contribution in [-0.2, 0) is 0 Å². The number of hydrogen-bond donors (Lipinski definition) is 1. The average molecular weight is 122 g/mol. The molecule has 0 radical (unpaired) electrons. The number of nitriles is 1. The molecule has 0 atom stereocenters. The Kier molecular flexibility index (Phi) is 1.30. The normalized spacial score (nSPS) is 21.8. The summed E-state index contributed by atoms with van der Waals surface area (Å²) in [5.41, 5.74) is 5.95. The van der Waals surface area contributed by atoms with Crippen molar-refractivity contribution in [2.24, 2.45) is 5.73 Å². The molecular weight excluding hydrogens is 112 g/mol. The average Bonchev–Trinajstić information content (AvgIpc) is 1.81. The molecule has 2 heteroatoms. The molecule has 0 aromatic heterocycles. The highest BCUT2D eigenvalue weighted by Gasteiger charge is 2.35. The third-order valence-electron chi connectivity index (χ3n) is 1.98. The molecule has 0 heterocycles. The van der Waals surface area contributed by atoms with Gasteiger partial charge in [-0.15, -0.1) is 0 Å². The highest BCUT2D eigenvalue weighted by atomic mass is 14.8. The predicted octanol–water partition coefficient (Wildman–Crippen LogP) is 0.948. The number of nitrogens with two attached hydrogens (primary N) is 1. The van der Waals surface area contributed by atoms with E-state index in [1.807, 2.05) is 6.07 Å². The summed E-state index contributed by atoms with van der Waals surface area (Å²) in [7, 11) is 0. The zero-order valence-electron chi connectivity index (χ0n) is 5.35. The Morgan fingerprint density at radius 1 is 1.67 bits per heavy atom. The summed E-state index contributed by atoms with van der Waals surface area (Å²) < 4.78 is 0.